The molecule has 0 radical (unpaired) electrons. The third-order valence-corrected chi connectivity index (χ3v) is 3.62. The Balaban J connectivity index is 2.14. The van der Waals surface area contributed by atoms with Gasteiger partial charge in [0, 0.05) is 24.5 Å². The molecule has 6 nitrogen and oxygen atoms in total. The first kappa shape index (κ1) is 13.4. The molecule has 0 spiro atoms. The number of hydrogen-bond donors (Lipinski definition) is 1. The largest absolute Gasteiger partial charge is 0.396 e. The number of rotatable bonds is 2. The molecule has 0 amide bonds. The van der Waals surface area contributed by atoms with Gasteiger partial charge in [0.05, 0.1) is 17.6 Å². The third kappa shape index (κ3) is 2.18. The van der Waals surface area contributed by atoms with Crippen LogP contribution in [0.3, 0.4) is 0 Å². The highest BCUT2D eigenvalue weighted by molar-refractivity contribution is 5.75. The lowest BCUT2D eigenvalue weighted by Crippen LogP contribution is -1.98. The van der Waals surface area contributed by atoms with Gasteiger partial charge >= 0.3 is 0 Å². The quantitative estimate of drug-likeness (QED) is 0.781. The third-order valence-electron chi connectivity index (χ3n) is 3.62. The fourth-order valence-corrected chi connectivity index (χ4v) is 2.46. The van der Waals surface area contributed by atoms with Gasteiger partial charge in [-0.2, -0.15) is 10.2 Å². The van der Waals surface area contributed by atoms with Crippen molar-refractivity contribution < 1.29 is 0 Å². The zero-order valence-electron chi connectivity index (χ0n) is 12.6. The number of aromatic nitrogens is 5. The second-order valence-corrected chi connectivity index (χ2v) is 5.24. The molecule has 108 valence electrons. The van der Waals surface area contributed by atoms with Crippen molar-refractivity contribution in [2.75, 3.05) is 5.73 Å². The van der Waals surface area contributed by atoms with Crippen LogP contribution in [0.1, 0.15) is 17.0 Å². The molecule has 0 aliphatic rings. The Kier molecular flexibility index (Phi) is 3.01. The van der Waals surface area contributed by atoms with E-state index in [1.165, 1.54) is 0 Å². The van der Waals surface area contributed by atoms with Crippen LogP contribution in [-0.4, -0.2) is 24.5 Å². The fourth-order valence-electron chi connectivity index (χ4n) is 2.46. The van der Waals surface area contributed by atoms with Crippen molar-refractivity contribution in [2.45, 2.75) is 20.8 Å². The number of anilines is 1. The second kappa shape index (κ2) is 4.73. The van der Waals surface area contributed by atoms with Crippen LogP contribution in [0, 0.1) is 20.8 Å². The molecule has 0 atom stereocenters. The van der Waals surface area contributed by atoms with Crippen LogP contribution in [0.4, 0.5) is 5.69 Å². The minimum absolute atomic E-state index is 0.623. The predicted molar refractivity (Wildman–Crippen MR) is 82.2 cm³/mol. The lowest BCUT2D eigenvalue weighted by atomic mass is 10.1. The first-order chi connectivity index (χ1) is 9.97. The maximum Gasteiger partial charge on any atom is 0.153 e. The highest BCUT2D eigenvalue weighted by Gasteiger charge is 2.18. The van der Waals surface area contributed by atoms with E-state index >= 15 is 0 Å². The minimum atomic E-state index is 0.623. The molecule has 0 aromatic carbocycles. The Morgan fingerprint density at radius 1 is 1.14 bits per heavy atom. The van der Waals surface area contributed by atoms with Gasteiger partial charge in [0.25, 0.3) is 0 Å². The summed E-state index contributed by atoms with van der Waals surface area (Å²) in [5, 5.41) is 9.02. The smallest absolute Gasteiger partial charge is 0.153 e. The average Bonchev–Trinajstić information content (AvgIpc) is 2.91. The Morgan fingerprint density at radius 2 is 1.90 bits per heavy atom. The molecule has 0 bridgehead atoms. The van der Waals surface area contributed by atoms with Crippen LogP contribution in [-0.2, 0) is 7.05 Å². The summed E-state index contributed by atoms with van der Waals surface area (Å²) in [7, 11) is 1.92. The van der Waals surface area contributed by atoms with Crippen molar-refractivity contribution in [3.63, 3.8) is 0 Å². The molecular formula is C15H18N6. The van der Waals surface area contributed by atoms with E-state index in [1.807, 2.05) is 44.6 Å². The van der Waals surface area contributed by atoms with Gasteiger partial charge in [0.15, 0.2) is 5.82 Å². The molecule has 3 aromatic heterocycles. The van der Waals surface area contributed by atoms with Gasteiger partial charge in [-0.15, -0.1) is 0 Å². The van der Waals surface area contributed by atoms with Crippen LogP contribution in [0.5, 0.6) is 0 Å². The molecule has 2 N–H and O–H groups in total. The summed E-state index contributed by atoms with van der Waals surface area (Å²) in [4.78, 5) is 4.33. The van der Waals surface area contributed by atoms with Crippen molar-refractivity contribution >= 4 is 5.69 Å². The Bertz CT molecular complexity index is 812. The SMILES string of the molecule is Cc1ccnc(-n2cc(N)c(-c3c(C)nn(C)c3C)n2)c1. The Labute approximate surface area is 123 Å². The first-order valence-corrected chi connectivity index (χ1v) is 6.76. The second-order valence-electron chi connectivity index (χ2n) is 5.24. The van der Waals surface area contributed by atoms with E-state index in [9.17, 15) is 0 Å². The van der Waals surface area contributed by atoms with Crippen molar-refractivity contribution in [3.8, 4) is 17.1 Å². The molecule has 3 aromatic rings. The van der Waals surface area contributed by atoms with Gasteiger partial charge in [0.2, 0.25) is 0 Å². The molecule has 0 saturated carbocycles. The molecule has 21 heavy (non-hydrogen) atoms. The number of pyridine rings is 1. The monoisotopic (exact) mass is 282 g/mol. The normalized spacial score (nSPS) is 11.0. The van der Waals surface area contributed by atoms with Gasteiger partial charge in [-0.05, 0) is 38.5 Å². The van der Waals surface area contributed by atoms with E-state index in [0.717, 1.165) is 34.0 Å². The molecule has 6 heteroatoms. The summed E-state index contributed by atoms with van der Waals surface area (Å²) in [6, 6.07) is 3.92. The maximum atomic E-state index is 6.15. The maximum absolute atomic E-state index is 6.15. The summed E-state index contributed by atoms with van der Waals surface area (Å²) >= 11 is 0. The van der Waals surface area contributed by atoms with Crippen molar-refractivity contribution in [1.29, 1.82) is 0 Å². The predicted octanol–water partition coefficient (Wildman–Crippen LogP) is 2.18. The fraction of sp³-hybridized carbons (Fsp3) is 0.267. The van der Waals surface area contributed by atoms with Crippen molar-refractivity contribution in [1.82, 2.24) is 24.5 Å². The highest BCUT2D eigenvalue weighted by atomic mass is 15.3. The van der Waals surface area contributed by atoms with Crippen LogP contribution in [0.2, 0.25) is 0 Å². The lowest BCUT2D eigenvalue weighted by molar-refractivity contribution is 0.731. The number of nitrogens with two attached hydrogens (primary N) is 1. The number of nitrogen functional groups attached to an aromatic ring is 1. The van der Waals surface area contributed by atoms with Crippen LogP contribution < -0.4 is 5.73 Å². The lowest BCUT2D eigenvalue weighted by Gasteiger charge is -2.01. The van der Waals surface area contributed by atoms with Gasteiger partial charge in [-0.3, -0.25) is 4.68 Å². The molecule has 0 unspecified atom stereocenters. The average molecular weight is 282 g/mol. The van der Waals surface area contributed by atoms with E-state index < -0.39 is 0 Å². The molecule has 0 fully saturated rings. The Hall–Kier alpha value is -2.63. The van der Waals surface area contributed by atoms with Crippen LogP contribution >= 0.6 is 0 Å². The van der Waals surface area contributed by atoms with Gasteiger partial charge in [-0.25, -0.2) is 9.67 Å². The zero-order valence-corrected chi connectivity index (χ0v) is 12.6. The number of aryl methyl sites for hydroxylation is 3. The van der Waals surface area contributed by atoms with Crippen molar-refractivity contribution in [3.05, 3.63) is 41.5 Å². The van der Waals surface area contributed by atoms with Crippen LogP contribution in [0.25, 0.3) is 17.1 Å². The zero-order chi connectivity index (χ0) is 15.1. The van der Waals surface area contributed by atoms with E-state index in [1.54, 1.807) is 17.1 Å². The minimum Gasteiger partial charge on any atom is -0.396 e. The summed E-state index contributed by atoms with van der Waals surface area (Å²) in [6.07, 6.45) is 3.56. The summed E-state index contributed by atoms with van der Waals surface area (Å²) < 4.78 is 3.55. The molecule has 0 aliphatic carbocycles. The van der Waals surface area contributed by atoms with Crippen LogP contribution in [0.15, 0.2) is 24.5 Å². The van der Waals surface area contributed by atoms with E-state index in [4.69, 9.17) is 5.73 Å². The van der Waals surface area contributed by atoms with Gasteiger partial charge in [-0.1, -0.05) is 0 Å². The first-order valence-electron chi connectivity index (χ1n) is 6.76. The van der Waals surface area contributed by atoms with Crippen molar-refractivity contribution in [2.24, 2.45) is 7.05 Å². The van der Waals surface area contributed by atoms with Gasteiger partial charge < -0.3 is 5.73 Å². The van der Waals surface area contributed by atoms with Gasteiger partial charge in [0.1, 0.15) is 5.69 Å². The summed E-state index contributed by atoms with van der Waals surface area (Å²) in [5.74, 6) is 0.757. The van der Waals surface area contributed by atoms with E-state index in [-0.39, 0.29) is 0 Å². The van der Waals surface area contributed by atoms with E-state index in [0.29, 0.717) is 5.69 Å². The number of nitrogens with zero attached hydrogens (tertiary/aromatic N) is 5. The molecule has 0 saturated heterocycles. The molecule has 3 heterocycles. The topological polar surface area (TPSA) is 74.6 Å². The summed E-state index contributed by atoms with van der Waals surface area (Å²) in [6.45, 7) is 6.00. The number of hydrogen-bond acceptors (Lipinski definition) is 4. The Morgan fingerprint density at radius 3 is 2.52 bits per heavy atom. The molecule has 0 aliphatic heterocycles. The standard InChI is InChI=1S/C15H18N6/c1-9-5-6-17-13(7-9)21-8-12(16)15(19-21)14-10(2)18-20(4)11(14)3/h5-8H,16H2,1-4H3. The summed E-state index contributed by atoms with van der Waals surface area (Å²) in [5.41, 5.74) is 11.6. The molecule has 3 rings (SSSR count). The molecular weight excluding hydrogens is 264 g/mol. The van der Waals surface area contributed by atoms with E-state index in [2.05, 4.69) is 15.2 Å². The highest BCUT2D eigenvalue weighted by Crippen LogP contribution is 2.30.